The molecular formula is C14H17F2NO2. The molecule has 1 aromatic rings. The van der Waals surface area contributed by atoms with Gasteiger partial charge in [-0.15, -0.1) is 0 Å². The van der Waals surface area contributed by atoms with Crippen molar-refractivity contribution >= 4 is 5.78 Å². The molecular weight excluding hydrogens is 252 g/mol. The summed E-state index contributed by atoms with van der Waals surface area (Å²) in [5.74, 6) is -1.67. The molecule has 0 spiro atoms. The topological polar surface area (TPSA) is 40.5 Å². The van der Waals surface area contributed by atoms with Gasteiger partial charge in [-0.1, -0.05) is 0 Å². The van der Waals surface area contributed by atoms with Crippen LogP contribution in [-0.2, 0) is 0 Å². The summed E-state index contributed by atoms with van der Waals surface area (Å²) < 4.78 is 26.4. The van der Waals surface area contributed by atoms with E-state index in [0.29, 0.717) is 19.4 Å². The highest BCUT2D eigenvalue weighted by Crippen LogP contribution is 2.14. The van der Waals surface area contributed by atoms with Crippen LogP contribution < -0.4 is 0 Å². The minimum absolute atomic E-state index is 0.163. The first kappa shape index (κ1) is 14.1. The Hall–Kier alpha value is -1.33. The van der Waals surface area contributed by atoms with E-state index in [-0.39, 0.29) is 23.9 Å². The first-order valence-electron chi connectivity index (χ1n) is 6.45. The van der Waals surface area contributed by atoms with Crippen LogP contribution in [0.3, 0.4) is 0 Å². The fraction of sp³-hybridized carbons (Fsp3) is 0.500. The van der Waals surface area contributed by atoms with Gasteiger partial charge in [0, 0.05) is 26.1 Å². The molecule has 19 heavy (non-hydrogen) atoms. The van der Waals surface area contributed by atoms with Crippen LogP contribution in [0.25, 0.3) is 0 Å². The highest BCUT2D eigenvalue weighted by atomic mass is 19.1. The number of ketones is 1. The number of rotatable bonds is 4. The summed E-state index contributed by atoms with van der Waals surface area (Å²) in [7, 11) is 0. The van der Waals surface area contributed by atoms with Crippen molar-refractivity contribution in [2.75, 3.05) is 19.6 Å². The van der Waals surface area contributed by atoms with Crippen LogP contribution in [0.1, 0.15) is 29.6 Å². The van der Waals surface area contributed by atoms with Gasteiger partial charge in [0.2, 0.25) is 0 Å². The molecule has 0 radical (unpaired) electrons. The fourth-order valence-corrected chi connectivity index (χ4v) is 2.25. The van der Waals surface area contributed by atoms with Crippen molar-refractivity contribution in [2.45, 2.75) is 25.4 Å². The van der Waals surface area contributed by atoms with E-state index in [1.807, 2.05) is 0 Å². The second-order valence-electron chi connectivity index (χ2n) is 4.87. The number of halogens is 2. The van der Waals surface area contributed by atoms with E-state index in [2.05, 4.69) is 4.90 Å². The summed E-state index contributed by atoms with van der Waals surface area (Å²) >= 11 is 0. The van der Waals surface area contributed by atoms with Gasteiger partial charge in [-0.3, -0.25) is 4.79 Å². The molecule has 1 aliphatic heterocycles. The van der Waals surface area contributed by atoms with Crippen LogP contribution in [-0.4, -0.2) is 41.5 Å². The number of carbonyl (C=O) groups is 1. The molecule has 1 N–H and O–H groups in total. The van der Waals surface area contributed by atoms with Crippen molar-refractivity contribution < 1.29 is 18.7 Å². The van der Waals surface area contributed by atoms with Crippen molar-refractivity contribution in [3.63, 3.8) is 0 Å². The average molecular weight is 269 g/mol. The van der Waals surface area contributed by atoms with E-state index < -0.39 is 11.6 Å². The zero-order valence-corrected chi connectivity index (χ0v) is 10.6. The van der Waals surface area contributed by atoms with Crippen LogP contribution in [0, 0.1) is 11.6 Å². The van der Waals surface area contributed by atoms with Crippen molar-refractivity contribution in [2.24, 2.45) is 0 Å². The SMILES string of the molecule is O=C(CCN1CCC(O)CC1)c1cc(F)ccc1F. The summed E-state index contributed by atoms with van der Waals surface area (Å²) in [5, 5.41) is 9.36. The molecule has 0 bridgehead atoms. The van der Waals surface area contributed by atoms with E-state index in [9.17, 15) is 18.7 Å². The molecule has 1 fully saturated rings. The van der Waals surface area contributed by atoms with E-state index in [0.717, 1.165) is 31.3 Å². The Kier molecular flexibility index (Phi) is 4.61. The van der Waals surface area contributed by atoms with E-state index in [1.165, 1.54) is 0 Å². The van der Waals surface area contributed by atoms with Gasteiger partial charge in [-0.25, -0.2) is 8.78 Å². The predicted octanol–water partition coefficient (Wildman–Crippen LogP) is 1.99. The predicted molar refractivity (Wildman–Crippen MR) is 67.0 cm³/mol. The smallest absolute Gasteiger partial charge is 0.167 e. The van der Waals surface area contributed by atoms with Gasteiger partial charge in [-0.2, -0.15) is 0 Å². The lowest BCUT2D eigenvalue weighted by Crippen LogP contribution is -2.37. The number of carbonyl (C=O) groups excluding carboxylic acids is 1. The molecule has 1 heterocycles. The van der Waals surface area contributed by atoms with Gasteiger partial charge < -0.3 is 10.0 Å². The molecule has 1 aromatic carbocycles. The summed E-state index contributed by atoms with van der Waals surface area (Å²) in [6.07, 6.45) is 1.30. The molecule has 2 rings (SSSR count). The molecule has 0 aliphatic carbocycles. The number of aliphatic hydroxyl groups excluding tert-OH is 1. The van der Waals surface area contributed by atoms with Gasteiger partial charge in [0.05, 0.1) is 11.7 Å². The molecule has 0 aromatic heterocycles. The Morgan fingerprint density at radius 3 is 2.68 bits per heavy atom. The monoisotopic (exact) mass is 269 g/mol. The van der Waals surface area contributed by atoms with Crippen molar-refractivity contribution in [1.29, 1.82) is 0 Å². The van der Waals surface area contributed by atoms with Crippen LogP contribution in [0.4, 0.5) is 8.78 Å². The van der Waals surface area contributed by atoms with Crippen LogP contribution in [0.2, 0.25) is 0 Å². The molecule has 0 amide bonds. The van der Waals surface area contributed by atoms with Crippen LogP contribution in [0.15, 0.2) is 18.2 Å². The number of hydrogen-bond acceptors (Lipinski definition) is 3. The van der Waals surface area contributed by atoms with Crippen molar-refractivity contribution in [1.82, 2.24) is 4.90 Å². The summed E-state index contributed by atoms with van der Waals surface area (Å²) in [6.45, 7) is 1.99. The highest BCUT2D eigenvalue weighted by Gasteiger charge is 2.19. The van der Waals surface area contributed by atoms with Crippen molar-refractivity contribution in [3.05, 3.63) is 35.4 Å². The normalized spacial score (nSPS) is 17.6. The second kappa shape index (κ2) is 6.21. The lowest BCUT2D eigenvalue weighted by atomic mass is 10.0. The zero-order chi connectivity index (χ0) is 13.8. The van der Waals surface area contributed by atoms with Crippen LogP contribution in [0.5, 0.6) is 0 Å². The first-order chi connectivity index (χ1) is 9.06. The van der Waals surface area contributed by atoms with Gasteiger partial charge in [0.15, 0.2) is 5.78 Å². The summed E-state index contributed by atoms with van der Waals surface area (Å²) in [4.78, 5) is 13.9. The largest absolute Gasteiger partial charge is 0.393 e. The third kappa shape index (κ3) is 3.81. The standard InChI is InChI=1S/C14H17F2NO2/c15-10-1-2-13(16)12(9-10)14(19)5-8-17-6-3-11(18)4-7-17/h1-2,9,11,18H,3-8H2. The number of aliphatic hydroxyl groups is 1. The Balaban J connectivity index is 1.89. The third-order valence-electron chi connectivity index (χ3n) is 3.44. The van der Waals surface area contributed by atoms with Crippen LogP contribution >= 0.6 is 0 Å². The Morgan fingerprint density at radius 1 is 1.32 bits per heavy atom. The van der Waals surface area contributed by atoms with E-state index in [1.54, 1.807) is 0 Å². The number of piperidine rings is 1. The number of benzene rings is 1. The van der Waals surface area contributed by atoms with E-state index in [4.69, 9.17) is 0 Å². The summed E-state index contributed by atoms with van der Waals surface area (Å²) in [5.41, 5.74) is -0.183. The Bertz CT molecular complexity index is 457. The average Bonchev–Trinajstić information content (AvgIpc) is 2.40. The minimum Gasteiger partial charge on any atom is -0.393 e. The lowest BCUT2D eigenvalue weighted by molar-refractivity contribution is 0.0777. The maximum Gasteiger partial charge on any atom is 0.167 e. The maximum atomic E-state index is 13.4. The number of Topliss-reactive ketones (excluding diaryl/α,β-unsaturated/α-hetero) is 1. The Morgan fingerprint density at radius 2 is 2.00 bits per heavy atom. The highest BCUT2D eigenvalue weighted by molar-refractivity contribution is 5.96. The molecule has 0 atom stereocenters. The molecule has 0 unspecified atom stereocenters. The van der Waals surface area contributed by atoms with Gasteiger partial charge in [0.25, 0.3) is 0 Å². The zero-order valence-electron chi connectivity index (χ0n) is 10.6. The lowest BCUT2D eigenvalue weighted by Gasteiger charge is -2.29. The second-order valence-corrected chi connectivity index (χ2v) is 4.87. The molecule has 1 aliphatic rings. The van der Waals surface area contributed by atoms with Gasteiger partial charge in [-0.05, 0) is 31.0 Å². The molecule has 104 valence electrons. The van der Waals surface area contributed by atoms with Crippen molar-refractivity contribution in [3.8, 4) is 0 Å². The van der Waals surface area contributed by atoms with Gasteiger partial charge in [0.1, 0.15) is 11.6 Å². The minimum atomic E-state index is -0.680. The maximum absolute atomic E-state index is 13.4. The molecule has 5 heteroatoms. The fourth-order valence-electron chi connectivity index (χ4n) is 2.25. The molecule has 3 nitrogen and oxygen atoms in total. The van der Waals surface area contributed by atoms with E-state index >= 15 is 0 Å². The molecule has 0 saturated carbocycles. The number of likely N-dealkylation sites (tertiary alicyclic amines) is 1. The quantitative estimate of drug-likeness (QED) is 0.850. The third-order valence-corrected chi connectivity index (χ3v) is 3.44. The first-order valence-corrected chi connectivity index (χ1v) is 6.45. The number of hydrogen-bond donors (Lipinski definition) is 1. The summed E-state index contributed by atoms with van der Waals surface area (Å²) in [6, 6.07) is 2.91. The number of nitrogens with zero attached hydrogens (tertiary/aromatic N) is 1. The Labute approximate surface area is 110 Å². The molecule has 1 saturated heterocycles. The van der Waals surface area contributed by atoms with Gasteiger partial charge >= 0.3 is 0 Å².